The zero-order valence-corrected chi connectivity index (χ0v) is 9.84. The fourth-order valence-electron chi connectivity index (χ4n) is 1.78. The first kappa shape index (κ1) is 13.7. The summed E-state index contributed by atoms with van der Waals surface area (Å²) in [7, 11) is 0. The molecule has 1 aromatic rings. The molecule has 0 bridgehead atoms. The summed E-state index contributed by atoms with van der Waals surface area (Å²) in [6.45, 7) is -0.108. The molecule has 0 spiro atoms. The fraction of sp³-hybridized carbons (Fsp3) is 0.455. The maximum absolute atomic E-state index is 10.5. The van der Waals surface area contributed by atoms with Crippen molar-refractivity contribution in [2.75, 3.05) is 11.9 Å². The van der Waals surface area contributed by atoms with E-state index in [0.29, 0.717) is 5.69 Å². The van der Waals surface area contributed by atoms with Crippen LogP contribution in [0.1, 0.15) is 0 Å². The molecular weight excluding hydrogens is 256 g/mol. The summed E-state index contributed by atoms with van der Waals surface area (Å²) in [5.41, 5.74) is 0.448. The van der Waals surface area contributed by atoms with Crippen molar-refractivity contribution in [2.24, 2.45) is 0 Å². The number of anilines is 1. The molecule has 1 aromatic carbocycles. The van der Waals surface area contributed by atoms with Crippen LogP contribution in [-0.4, -0.2) is 51.4 Å². The quantitative estimate of drug-likeness (QED) is 0.428. The van der Waals surface area contributed by atoms with E-state index in [0.717, 1.165) is 0 Å². The molecule has 2 rings (SSSR count). The number of nitro benzene ring substituents is 1. The predicted molar refractivity (Wildman–Crippen MR) is 64.5 cm³/mol. The number of nitrogens with zero attached hydrogens (tertiary/aromatic N) is 1. The first-order valence-corrected chi connectivity index (χ1v) is 5.66. The van der Waals surface area contributed by atoms with Gasteiger partial charge in [0.1, 0.15) is 18.3 Å². The molecule has 0 unspecified atom stereocenters. The number of aliphatic hydroxyl groups is 3. The number of rotatable bonds is 3. The second-order valence-corrected chi connectivity index (χ2v) is 4.25. The number of hydrogen-bond acceptors (Lipinski definition) is 7. The third-order valence-corrected chi connectivity index (χ3v) is 2.89. The topological polar surface area (TPSA) is 125 Å². The summed E-state index contributed by atoms with van der Waals surface area (Å²) in [6.07, 6.45) is -4.62. The summed E-state index contributed by atoms with van der Waals surface area (Å²) < 4.78 is 5.15. The van der Waals surface area contributed by atoms with Crippen molar-refractivity contribution in [3.05, 3.63) is 34.4 Å². The van der Waals surface area contributed by atoms with Gasteiger partial charge in [-0.1, -0.05) is 0 Å². The highest BCUT2D eigenvalue weighted by Crippen LogP contribution is 2.20. The number of benzene rings is 1. The molecule has 0 aliphatic carbocycles. The molecule has 1 aliphatic heterocycles. The second-order valence-electron chi connectivity index (χ2n) is 4.25. The Kier molecular flexibility index (Phi) is 3.96. The molecule has 0 radical (unpaired) electrons. The van der Waals surface area contributed by atoms with Crippen LogP contribution in [0.4, 0.5) is 11.4 Å². The number of nitro groups is 1. The van der Waals surface area contributed by atoms with Crippen molar-refractivity contribution >= 4 is 11.4 Å². The Hall–Kier alpha value is -1.74. The van der Waals surface area contributed by atoms with Gasteiger partial charge in [-0.05, 0) is 12.1 Å². The van der Waals surface area contributed by atoms with Crippen molar-refractivity contribution in [3.63, 3.8) is 0 Å². The molecule has 0 saturated carbocycles. The molecule has 1 saturated heterocycles. The van der Waals surface area contributed by atoms with Gasteiger partial charge < -0.3 is 25.4 Å². The monoisotopic (exact) mass is 270 g/mol. The minimum atomic E-state index is -1.30. The van der Waals surface area contributed by atoms with Crippen molar-refractivity contribution in [2.45, 2.75) is 24.5 Å². The van der Waals surface area contributed by atoms with E-state index < -0.39 is 29.5 Å². The Morgan fingerprint density at radius 1 is 1.21 bits per heavy atom. The van der Waals surface area contributed by atoms with Gasteiger partial charge in [-0.25, -0.2) is 0 Å². The van der Waals surface area contributed by atoms with E-state index in [2.05, 4.69) is 5.32 Å². The van der Waals surface area contributed by atoms with E-state index >= 15 is 0 Å². The van der Waals surface area contributed by atoms with Crippen LogP contribution in [0.5, 0.6) is 0 Å². The number of nitrogens with one attached hydrogen (secondary N) is 1. The van der Waals surface area contributed by atoms with Crippen molar-refractivity contribution in [3.8, 4) is 0 Å². The van der Waals surface area contributed by atoms with Gasteiger partial charge in [0.15, 0.2) is 6.23 Å². The number of non-ortho nitro benzene ring substituents is 1. The Labute approximate surface area is 108 Å². The Bertz CT molecular complexity index is 451. The maximum Gasteiger partial charge on any atom is 0.269 e. The normalized spacial score (nSPS) is 30.9. The molecule has 104 valence electrons. The van der Waals surface area contributed by atoms with Crippen LogP contribution >= 0.6 is 0 Å². The largest absolute Gasteiger partial charge is 0.388 e. The first-order chi connectivity index (χ1) is 8.99. The molecule has 8 nitrogen and oxygen atoms in total. The lowest BCUT2D eigenvalue weighted by Gasteiger charge is -2.35. The fourth-order valence-corrected chi connectivity index (χ4v) is 1.78. The molecule has 1 fully saturated rings. The van der Waals surface area contributed by atoms with Gasteiger partial charge in [0, 0.05) is 17.8 Å². The van der Waals surface area contributed by atoms with Gasteiger partial charge in [0.2, 0.25) is 0 Å². The highest BCUT2D eigenvalue weighted by atomic mass is 16.6. The van der Waals surface area contributed by atoms with Crippen molar-refractivity contribution < 1.29 is 25.0 Å². The highest BCUT2D eigenvalue weighted by Gasteiger charge is 2.37. The van der Waals surface area contributed by atoms with Gasteiger partial charge >= 0.3 is 0 Å². The number of hydrogen-bond donors (Lipinski definition) is 4. The average molecular weight is 270 g/mol. The molecule has 1 aliphatic rings. The van der Waals surface area contributed by atoms with E-state index in [1.54, 1.807) is 0 Å². The Balaban J connectivity index is 2.03. The summed E-state index contributed by atoms with van der Waals surface area (Å²) in [5, 5.41) is 41.8. The van der Waals surface area contributed by atoms with E-state index in [4.69, 9.17) is 4.74 Å². The summed E-state index contributed by atoms with van der Waals surface area (Å²) in [5.74, 6) is 0. The predicted octanol–water partition coefficient (Wildman–Crippen LogP) is -0.554. The first-order valence-electron chi connectivity index (χ1n) is 5.66. The Morgan fingerprint density at radius 3 is 2.42 bits per heavy atom. The van der Waals surface area contributed by atoms with Gasteiger partial charge in [0.05, 0.1) is 11.5 Å². The van der Waals surface area contributed by atoms with Crippen LogP contribution in [0.15, 0.2) is 24.3 Å². The molecule has 19 heavy (non-hydrogen) atoms. The third-order valence-electron chi connectivity index (χ3n) is 2.89. The van der Waals surface area contributed by atoms with Crippen LogP contribution in [-0.2, 0) is 4.74 Å². The molecule has 1 heterocycles. The summed E-state index contributed by atoms with van der Waals surface area (Å²) >= 11 is 0. The summed E-state index contributed by atoms with van der Waals surface area (Å²) in [4.78, 5) is 9.97. The van der Waals surface area contributed by atoms with Gasteiger partial charge in [-0.15, -0.1) is 0 Å². The van der Waals surface area contributed by atoms with E-state index in [1.165, 1.54) is 24.3 Å². The molecule has 4 N–H and O–H groups in total. The minimum absolute atomic E-state index is 0.0499. The number of aliphatic hydroxyl groups excluding tert-OH is 3. The highest BCUT2D eigenvalue weighted by molar-refractivity contribution is 5.49. The van der Waals surface area contributed by atoms with Crippen LogP contribution in [0.25, 0.3) is 0 Å². The SMILES string of the molecule is O=[N+]([O-])c1ccc(N[C@@H]2OC[C@@H](O)[C@H](O)[C@@H]2O)cc1. The van der Waals surface area contributed by atoms with Crippen LogP contribution < -0.4 is 5.32 Å². The minimum Gasteiger partial charge on any atom is -0.388 e. The second kappa shape index (κ2) is 5.49. The zero-order chi connectivity index (χ0) is 14.0. The van der Waals surface area contributed by atoms with Gasteiger partial charge in [-0.2, -0.15) is 0 Å². The average Bonchev–Trinajstić information content (AvgIpc) is 2.40. The molecule has 0 amide bonds. The zero-order valence-electron chi connectivity index (χ0n) is 9.84. The molecule has 0 aromatic heterocycles. The van der Waals surface area contributed by atoms with Crippen LogP contribution in [0.2, 0.25) is 0 Å². The molecule has 8 heteroatoms. The van der Waals surface area contributed by atoms with Gasteiger partial charge in [-0.3, -0.25) is 10.1 Å². The van der Waals surface area contributed by atoms with Gasteiger partial charge in [0.25, 0.3) is 5.69 Å². The van der Waals surface area contributed by atoms with Crippen LogP contribution in [0, 0.1) is 10.1 Å². The smallest absolute Gasteiger partial charge is 0.269 e. The lowest BCUT2D eigenvalue weighted by atomic mass is 10.0. The van der Waals surface area contributed by atoms with Crippen molar-refractivity contribution in [1.29, 1.82) is 0 Å². The van der Waals surface area contributed by atoms with Crippen LogP contribution in [0.3, 0.4) is 0 Å². The standard InChI is InChI=1S/C11H14N2O6/c14-8-5-19-11(10(16)9(8)15)12-6-1-3-7(4-2-6)13(17)18/h1-4,8-12,14-16H,5H2/t8-,9+,10+,11-/m1/s1. The summed E-state index contributed by atoms with van der Waals surface area (Å²) in [6, 6.07) is 5.54. The lowest BCUT2D eigenvalue weighted by Crippen LogP contribution is -2.55. The van der Waals surface area contributed by atoms with Crippen molar-refractivity contribution in [1.82, 2.24) is 0 Å². The molecule has 4 atom stereocenters. The maximum atomic E-state index is 10.5. The van der Waals surface area contributed by atoms with E-state index in [-0.39, 0.29) is 12.3 Å². The van der Waals surface area contributed by atoms with E-state index in [1.807, 2.05) is 0 Å². The third kappa shape index (κ3) is 2.99. The molecular formula is C11H14N2O6. The Morgan fingerprint density at radius 2 is 1.84 bits per heavy atom. The number of ether oxygens (including phenoxy) is 1. The van der Waals surface area contributed by atoms with E-state index in [9.17, 15) is 25.4 Å². The lowest BCUT2D eigenvalue weighted by molar-refractivity contribution is -0.384.